The fourth-order valence-electron chi connectivity index (χ4n) is 1.41. The second kappa shape index (κ2) is 7.43. The summed E-state index contributed by atoms with van der Waals surface area (Å²) in [6, 6.07) is 12.1. The zero-order valence-electron chi connectivity index (χ0n) is 11.6. The number of para-hydroxylation sites is 1. The molecule has 0 N–H and O–H groups in total. The first-order valence-corrected chi connectivity index (χ1v) is 6.26. The smallest absolute Gasteiger partial charge is 0.136 e. The maximum Gasteiger partial charge on any atom is 0.136 e. The Kier molecular flexibility index (Phi) is 5.85. The highest BCUT2D eigenvalue weighted by Gasteiger charge is 2.04. The summed E-state index contributed by atoms with van der Waals surface area (Å²) in [5.74, 6) is 0.911. The average Bonchev–Trinajstić information content (AvgIpc) is 2.40. The molecule has 2 aromatic rings. The van der Waals surface area contributed by atoms with E-state index in [0.29, 0.717) is 0 Å². The molecule has 0 aliphatic rings. The van der Waals surface area contributed by atoms with E-state index in [1.807, 2.05) is 43.1 Å². The van der Waals surface area contributed by atoms with Crippen LogP contribution in [0.1, 0.15) is 26.0 Å². The van der Waals surface area contributed by atoms with Crippen LogP contribution in [0, 0.1) is 6.92 Å². The van der Waals surface area contributed by atoms with Gasteiger partial charge in [-0.3, -0.25) is 0 Å². The van der Waals surface area contributed by atoms with Crippen molar-refractivity contribution >= 4 is 11.5 Å². The number of aromatic nitrogens is 2. The molecule has 1 aromatic carbocycles. The fourth-order valence-corrected chi connectivity index (χ4v) is 1.41. The van der Waals surface area contributed by atoms with Gasteiger partial charge in [-0.05, 0) is 19.1 Å². The lowest BCUT2D eigenvalue weighted by atomic mass is 10.3. The molecule has 2 rings (SSSR count). The molecule has 0 spiro atoms. The Bertz CT molecular complexity index is 454. The zero-order chi connectivity index (χ0) is 13.4. The van der Waals surface area contributed by atoms with Gasteiger partial charge in [0.2, 0.25) is 0 Å². The quantitative estimate of drug-likeness (QED) is 0.799. The third-order valence-electron chi connectivity index (χ3n) is 2.28. The van der Waals surface area contributed by atoms with Crippen LogP contribution in [0.3, 0.4) is 0 Å². The molecule has 3 nitrogen and oxygen atoms in total. The second-order valence-electron chi connectivity index (χ2n) is 4.12. The van der Waals surface area contributed by atoms with E-state index >= 15 is 0 Å². The van der Waals surface area contributed by atoms with Gasteiger partial charge in [0.05, 0.1) is 0 Å². The number of hydrogen-bond acceptors (Lipinski definition) is 3. The van der Waals surface area contributed by atoms with E-state index in [1.54, 1.807) is 6.33 Å². The van der Waals surface area contributed by atoms with Gasteiger partial charge in [0.25, 0.3) is 0 Å². The molecular weight excluding hydrogens is 222 g/mol. The summed E-state index contributed by atoms with van der Waals surface area (Å²) in [5.41, 5.74) is 2.10. The maximum absolute atomic E-state index is 4.23. The first-order chi connectivity index (χ1) is 8.69. The Morgan fingerprint density at radius 2 is 1.67 bits per heavy atom. The Morgan fingerprint density at radius 3 is 2.22 bits per heavy atom. The molecule has 0 atom stereocenters. The average molecular weight is 243 g/mol. The molecule has 3 heteroatoms. The minimum Gasteiger partial charge on any atom is -0.329 e. The van der Waals surface area contributed by atoms with Crippen LogP contribution in [-0.2, 0) is 0 Å². The van der Waals surface area contributed by atoms with Crippen LogP contribution in [-0.4, -0.2) is 17.0 Å². The molecule has 1 aromatic heterocycles. The van der Waals surface area contributed by atoms with Crippen molar-refractivity contribution in [2.24, 2.45) is 0 Å². The predicted molar refractivity (Wildman–Crippen MR) is 77.2 cm³/mol. The van der Waals surface area contributed by atoms with Gasteiger partial charge in [0.15, 0.2) is 0 Å². The van der Waals surface area contributed by atoms with E-state index in [4.69, 9.17) is 0 Å². The van der Waals surface area contributed by atoms with Crippen molar-refractivity contribution in [2.45, 2.75) is 27.2 Å². The minimum absolute atomic E-state index is 0.911. The fraction of sp³-hybridized carbons (Fsp3) is 0.333. The van der Waals surface area contributed by atoms with Crippen LogP contribution in [0.15, 0.2) is 42.7 Å². The van der Waals surface area contributed by atoms with E-state index in [0.717, 1.165) is 17.2 Å². The van der Waals surface area contributed by atoms with Gasteiger partial charge in [0, 0.05) is 24.5 Å². The van der Waals surface area contributed by atoms with Crippen LogP contribution >= 0.6 is 0 Å². The summed E-state index contributed by atoms with van der Waals surface area (Å²) in [6.45, 7) is 6.21. The molecule has 0 saturated carbocycles. The molecule has 0 saturated heterocycles. The van der Waals surface area contributed by atoms with E-state index in [1.165, 1.54) is 6.42 Å². The van der Waals surface area contributed by atoms with Crippen LogP contribution in [0.2, 0.25) is 0 Å². The highest BCUT2D eigenvalue weighted by atomic mass is 15.2. The SMILES string of the molecule is CCC.Cc1cc(N(C)c2ccccc2)ncn1. The van der Waals surface area contributed by atoms with Gasteiger partial charge in [0.1, 0.15) is 12.1 Å². The van der Waals surface area contributed by atoms with Crippen molar-refractivity contribution in [2.75, 3.05) is 11.9 Å². The van der Waals surface area contributed by atoms with Crippen molar-refractivity contribution in [3.8, 4) is 0 Å². The van der Waals surface area contributed by atoms with E-state index < -0.39 is 0 Å². The van der Waals surface area contributed by atoms with Gasteiger partial charge in [-0.1, -0.05) is 38.5 Å². The molecule has 0 radical (unpaired) electrons. The summed E-state index contributed by atoms with van der Waals surface area (Å²) in [6.07, 6.45) is 2.84. The number of hydrogen-bond donors (Lipinski definition) is 0. The Labute approximate surface area is 110 Å². The Morgan fingerprint density at radius 1 is 1.06 bits per heavy atom. The first-order valence-electron chi connectivity index (χ1n) is 6.26. The lowest BCUT2D eigenvalue weighted by molar-refractivity contribution is 1.05. The molecule has 96 valence electrons. The number of nitrogens with zero attached hydrogens (tertiary/aromatic N) is 3. The predicted octanol–water partition coefficient (Wildman–Crippen LogP) is 3.97. The maximum atomic E-state index is 4.23. The van der Waals surface area contributed by atoms with Crippen LogP contribution in [0.4, 0.5) is 11.5 Å². The van der Waals surface area contributed by atoms with E-state index in [2.05, 4.69) is 35.9 Å². The van der Waals surface area contributed by atoms with Crippen LogP contribution < -0.4 is 4.90 Å². The van der Waals surface area contributed by atoms with Gasteiger partial charge in [-0.15, -0.1) is 0 Å². The van der Waals surface area contributed by atoms with Crippen LogP contribution in [0.5, 0.6) is 0 Å². The van der Waals surface area contributed by atoms with Crippen molar-refractivity contribution in [3.05, 3.63) is 48.4 Å². The first kappa shape index (κ1) is 14.2. The second-order valence-corrected chi connectivity index (χ2v) is 4.12. The summed E-state index contributed by atoms with van der Waals surface area (Å²) >= 11 is 0. The van der Waals surface area contributed by atoms with Gasteiger partial charge in [-0.2, -0.15) is 0 Å². The van der Waals surface area contributed by atoms with Crippen molar-refractivity contribution < 1.29 is 0 Å². The summed E-state index contributed by atoms with van der Waals surface area (Å²) in [7, 11) is 2.00. The lowest BCUT2D eigenvalue weighted by Gasteiger charge is -2.17. The largest absolute Gasteiger partial charge is 0.329 e. The number of benzene rings is 1. The lowest BCUT2D eigenvalue weighted by Crippen LogP contribution is -2.11. The van der Waals surface area contributed by atoms with E-state index in [-0.39, 0.29) is 0 Å². The van der Waals surface area contributed by atoms with Crippen LogP contribution in [0.25, 0.3) is 0 Å². The standard InChI is InChI=1S/C12H13N3.C3H8/c1-10-8-12(14-9-13-10)15(2)11-6-4-3-5-7-11;1-3-2/h3-9H,1-2H3;3H2,1-2H3. The highest BCUT2D eigenvalue weighted by molar-refractivity contribution is 5.58. The molecule has 18 heavy (non-hydrogen) atoms. The molecule has 0 aliphatic heterocycles. The number of rotatable bonds is 2. The highest BCUT2D eigenvalue weighted by Crippen LogP contribution is 2.20. The van der Waals surface area contributed by atoms with E-state index in [9.17, 15) is 0 Å². The Hall–Kier alpha value is -1.90. The zero-order valence-corrected chi connectivity index (χ0v) is 11.6. The normalized spacial score (nSPS) is 9.33. The molecule has 0 aliphatic carbocycles. The molecule has 0 bridgehead atoms. The summed E-state index contributed by atoms with van der Waals surface area (Å²) < 4.78 is 0. The van der Waals surface area contributed by atoms with Crippen molar-refractivity contribution in [1.82, 2.24) is 9.97 Å². The molecule has 1 heterocycles. The molecule has 0 fully saturated rings. The molecular formula is C15H21N3. The van der Waals surface area contributed by atoms with Crippen molar-refractivity contribution in [1.29, 1.82) is 0 Å². The number of anilines is 2. The minimum atomic E-state index is 0.911. The van der Waals surface area contributed by atoms with Gasteiger partial charge >= 0.3 is 0 Å². The van der Waals surface area contributed by atoms with Crippen molar-refractivity contribution in [3.63, 3.8) is 0 Å². The Balaban J connectivity index is 0.000000492. The molecule has 0 amide bonds. The van der Waals surface area contributed by atoms with Gasteiger partial charge in [-0.25, -0.2) is 9.97 Å². The monoisotopic (exact) mass is 243 g/mol. The molecule has 0 unspecified atom stereocenters. The summed E-state index contributed by atoms with van der Waals surface area (Å²) in [5, 5.41) is 0. The number of aryl methyl sites for hydroxylation is 1. The third-order valence-corrected chi connectivity index (χ3v) is 2.28. The van der Waals surface area contributed by atoms with Gasteiger partial charge < -0.3 is 4.90 Å². The summed E-state index contributed by atoms with van der Waals surface area (Å²) in [4.78, 5) is 10.3. The third kappa shape index (κ3) is 4.17. The topological polar surface area (TPSA) is 29.0 Å².